The van der Waals surface area contributed by atoms with Gasteiger partial charge in [-0.05, 0) is 37.1 Å². The number of hydrogen-bond donors (Lipinski definition) is 2. The summed E-state index contributed by atoms with van der Waals surface area (Å²) in [5, 5.41) is 11.1. The zero-order chi connectivity index (χ0) is 13.9. The number of aryl methyl sites for hydroxylation is 1. The molecular weight excluding hydrogens is 278 g/mol. The number of fused-ring (bicyclic) bond motifs is 1. The van der Waals surface area contributed by atoms with Gasteiger partial charge in [0.25, 0.3) is 0 Å². The second-order valence-corrected chi connectivity index (χ2v) is 4.98. The minimum absolute atomic E-state index is 0.197. The van der Waals surface area contributed by atoms with Crippen molar-refractivity contribution in [2.75, 3.05) is 5.32 Å². The predicted octanol–water partition coefficient (Wildman–Crippen LogP) is 3.03. The van der Waals surface area contributed by atoms with E-state index in [1.807, 2.05) is 12.1 Å². The van der Waals surface area contributed by atoms with Crippen LogP contribution in [0.3, 0.4) is 0 Å². The van der Waals surface area contributed by atoms with Crippen LogP contribution in [-0.2, 0) is 6.42 Å². The van der Waals surface area contributed by atoms with Gasteiger partial charge in [0.2, 0.25) is 5.28 Å². The number of rotatable bonds is 5. The van der Waals surface area contributed by atoms with Crippen LogP contribution < -0.4 is 5.32 Å². The quantitative estimate of drug-likeness (QED) is 0.706. The van der Waals surface area contributed by atoms with Gasteiger partial charge >= 0.3 is 0 Å². The van der Waals surface area contributed by atoms with Gasteiger partial charge in [0.1, 0.15) is 11.6 Å². The molecule has 0 saturated heterocycles. The minimum atomic E-state index is 0.197. The number of furan rings is 1. The lowest BCUT2D eigenvalue weighted by Crippen LogP contribution is -2.17. The van der Waals surface area contributed by atoms with E-state index in [0.29, 0.717) is 11.5 Å². The number of halogens is 1. The molecule has 0 spiro atoms. The summed E-state index contributed by atoms with van der Waals surface area (Å²) in [6.07, 6.45) is 5.17. The molecule has 20 heavy (non-hydrogen) atoms. The van der Waals surface area contributed by atoms with Gasteiger partial charge in [-0.1, -0.05) is 0 Å². The summed E-state index contributed by atoms with van der Waals surface area (Å²) in [4.78, 5) is 8.29. The van der Waals surface area contributed by atoms with Crippen LogP contribution in [0, 0.1) is 0 Å². The Labute approximate surface area is 120 Å². The highest BCUT2D eigenvalue weighted by atomic mass is 35.5. The van der Waals surface area contributed by atoms with Crippen molar-refractivity contribution in [3.05, 3.63) is 35.6 Å². The molecule has 3 aromatic rings. The lowest BCUT2D eigenvalue weighted by Gasteiger charge is -2.14. The third-order valence-electron chi connectivity index (χ3n) is 3.07. The van der Waals surface area contributed by atoms with Crippen LogP contribution in [0.15, 0.2) is 29.0 Å². The molecule has 3 aromatic heterocycles. The molecular formula is C13H14ClN5O. The fourth-order valence-corrected chi connectivity index (χ4v) is 2.21. The average molecular weight is 292 g/mol. The monoisotopic (exact) mass is 291 g/mol. The van der Waals surface area contributed by atoms with Crippen molar-refractivity contribution in [3.8, 4) is 0 Å². The molecule has 0 aliphatic heterocycles. The Kier molecular flexibility index (Phi) is 3.56. The minimum Gasteiger partial charge on any atom is -0.469 e. The van der Waals surface area contributed by atoms with Gasteiger partial charge in [0.15, 0.2) is 5.65 Å². The summed E-state index contributed by atoms with van der Waals surface area (Å²) in [6.45, 7) is 2.09. The molecule has 3 rings (SSSR count). The van der Waals surface area contributed by atoms with E-state index in [-0.39, 0.29) is 11.3 Å². The molecule has 0 amide bonds. The van der Waals surface area contributed by atoms with Crippen LogP contribution >= 0.6 is 11.6 Å². The maximum absolute atomic E-state index is 5.90. The fourth-order valence-electron chi connectivity index (χ4n) is 2.04. The van der Waals surface area contributed by atoms with Crippen molar-refractivity contribution in [2.24, 2.45) is 0 Å². The van der Waals surface area contributed by atoms with Gasteiger partial charge in [-0.25, -0.2) is 0 Å². The van der Waals surface area contributed by atoms with Gasteiger partial charge in [-0.2, -0.15) is 15.1 Å². The van der Waals surface area contributed by atoms with E-state index in [4.69, 9.17) is 16.0 Å². The third-order valence-corrected chi connectivity index (χ3v) is 3.24. The summed E-state index contributed by atoms with van der Waals surface area (Å²) in [6, 6.07) is 4.10. The summed E-state index contributed by atoms with van der Waals surface area (Å²) >= 11 is 5.90. The molecule has 2 N–H and O–H groups in total. The second-order valence-electron chi connectivity index (χ2n) is 4.64. The predicted molar refractivity (Wildman–Crippen MR) is 76.8 cm³/mol. The smallest absolute Gasteiger partial charge is 0.226 e. The maximum Gasteiger partial charge on any atom is 0.226 e. The van der Waals surface area contributed by atoms with Gasteiger partial charge in [-0.15, -0.1) is 0 Å². The molecule has 0 aromatic carbocycles. The lowest BCUT2D eigenvalue weighted by molar-refractivity contribution is 0.495. The Bertz CT molecular complexity index is 694. The van der Waals surface area contributed by atoms with Gasteiger partial charge in [0.05, 0.1) is 17.8 Å². The third kappa shape index (κ3) is 2.75. The summed E-state index contributed by atoms with van der Waals surface area (Å²) < 4.78 is 5.32. The summed E-state index contributed by atoms with van der Waals surface area (Å²) in [5.41, 5.74) is 0.630. The molecule has 0 radical (unpaired) electrons. The molecule has 7 heteroatoms. The lowest BCUT2D eigenvalue weighted by atomic mass is 10.1. The van der Waals surface area contributed by atoms with Crippen LogP contribution in [0.5, 0.6) is 0 Å². The van der Waals surface area contributed by atoms with Crippen molar-refractivity contribution in [1.82, 2.24) is 20.2 Å². The summed E-state index contributed by atoms with van der Waals surface area (Å²) in [5.74, 6) is 1.67. The molecule has 3 heterocycles. The molecule has 0 saturated carbocycles. The highest BCUT2D eigenvalue weighted by molar-refractivity contribution is 6.28. The first-order chi connectivity index (χ1) is 9.72. The Balaban J connectivity index is 1.70. The highest BCUT2D eigenvalue weighted by Crippen LogP contribution is 2.21. The Morgan fingerprint density at radius 3 is 3.15 bits per heavy atom. The molecule has 1 unspecified atom stereocenters. The standard InChI is InChI=1S/C13H14ClN5O/c1-8(4-5-9-3-2-6-20-9)16-11-10-7-15-19-12(10)18-13(14)17-11/h2-3,6-8H,4-5H2,1H3,(H2,15,16,17,18,19). The zero-order valence-electron chi connectivity index (χ0n) is 10.9. The first kappa shape index (κ1) is 12.9. The fraction of sp³-hybridized carbons (Fsp3) is 0.308. The van der Waals surface area contributed by atoms with Gasteiger partial charge in [-0.3, -0.25) is 5.10 Å². The molecule has 104 valence electrons. The van der Waals surface area contributed by atoms with E-state index in [1.54, 1.807) is 12.5 Å². The normalized spacial score (nSPS) is 12.7. The maximum atomic E-state index is 5.90. The van der Waals surface area contributed by atoms with Gasteiger partial charge in [0, 0.05) is 12.5 Å². The van der Waals surface area contributed by atoms with E-state index in [0.717, 1.165) is 24.0 Å². The average Bonchev–Trinajstić information content (AvgIpc) is 3.06. The first-order valence-electron chi connectivity index (χ1n) is 6.38. The molecule has 1 atom stereocenters. The van der Waals surface area contributed by atoms with Crippen molar-refractivity contribution < 1.29 is 4.42 Å². The van der Waals surface area contributed by atoms with Crippen LogP contribution in [-0.4, -0.2) is 26.2 Å². The molecule has 0 fully saturated rings. The number of H-pyrrole nitrogens is 1. The Morgan fingerprint density at radius 1 is 1.45 bits per heavy atom. The van der Waals surface area contributed by atoms with Crippen molar-refractivity contribution >= 4 is 28.5 Å². The van der Waals surface area contributed by atoms with Crippen LogP contribution in [0.2, 0.25) is 5.28 Å². The number of anilines is 1. The molecule has 0 aliphatic rings. The number of aromatic amines is 1. The van der Waals surface area contributed by atoms with Crippen LogP contribution in [0.1, 0.15) is 19.1 Å². The SMILES string of the molecule is CC(CCc1ccco1)Nc1nc(Cl)nc2[nH]ncc12. The largest absolute Gasteiger partial charge is 0.469 e. The van der Waals surface area contributed by atoms with Crippen molar-refractivity contribution in [2.45, 2.75) is 25.8 Å². The van der Waals surface area contributed by atoms with Crippen LogP contribution in [0.4, 0.5) is 5.82 Å². The molecule has 0 aliphatic carbocycles. The van der Waals surface area contributed by atoms with E-state index in [2.05, 4.69) is 32.4 Å². The highest BCUT2D eigenvalue weighted by Gasteiger charge is 2.11. The van der Waals surface area contributed by atoms with E-state index in [9.17, 15) is 0 Å². The Morgan fingerprint density at radius 2 is 2.35 bits per heavy atom. The van der Waals surface area contributed by atoms with Gasteiger partial charge < -0.3 is 9.73 Å². The summed E-state index contributed by atoms with van der Waals surface area (Å²) in [7, 11) is 0. The van der Waals surface area contributed by atoms with Crippen LogP contribution in [0.25, 0.3) is 11.0 Å². The number of nitrogens with zero attached hydrogens (tertiary/aromatic N) is 3. The topological polar surface area (TPSA) is 79.6 Å². The van der Waals surface area contributed by atoms with Crippen molar-refractivity contribution in [3.63, 3.8) is 0 Å². The van der Waals surface area contributed by atoms with E-state index >= 15 is 0 Å². The zero-order valence-corrected chi connectivity index (χ0v) is 11.7. The molecule has 6 nitrogen and oxygen atoms in total. The first-order valence-corrected chi connectivity index (χ1v) is 6.75. The number of hydrogen-bond acceptors (Lipinski definition) is 5. The second kappa shape index (κ2) is 5.50. The number of aromatic nitrogens is 4. The molecule has 0 bridgehead atoms. The van der Waals surface area contributed by atoms with E-state index < -0.39 is 0 Å². The van der Waals surface area contributed by atoms with E-state index in [1.165, 1.54) is 0 Å². The number of nitrogens with one attached hydrogen (secondary N) is 2. The van der Waals surface area contributed by atoms with Crippen molar-refractivity contribution in [1.29, 1.82) is 0 Å². The Hall–Kier alpha value is -2.08.